The lowest BCUT2D eigenvalue weighted by Crippen LogP contribution is -2.28. The number of benzene rings is 2. The summed E-state index contributed by atoms with van der Waals surface area (Å²) in [6.45, 7) is 2.37. The Labute approximate surface area is 220 Å². The van der Waals surface area contributed by atoms with Crippen molar-refractivity contribution >= 4 is 23.7 Å². The number of methoxy groups -OCH3 is 4. The molecule has 198 valence electrons. The maximum Gasteiger partial charge on any atom is 0.223 e. The summed E-state index contributed by atoms with van der Waals surface area (Å²) in [6, 6.07) is 7.65. The lowest BCUT2D eigenvalue weighted by Gasteiger charge is -2.21. The van der Waals surface area contributed by atoms with Crippen molar-refractivity contribution in [1.82, 2.24) is 5.48 Å². The zero-order valence-electron chi connectivity index (χ0n) is 22.5. The number of ether oxygens (including phenoxy) is 4. The van der Waals surface area contributed by atoms with Gasteiger partial charge in [0.15, 0.2) is 23.1 Å². The highest BCUT2D eigenvalue weighted by atomic mass is 16.7. The third-order valence-corrected chi connectivity index (χ3v) is 7.05. The van der Waals surface area contributed by atoms with E-state index in [1.54, 1.807) is 28.4 Å². The summed E-state index contributed by atoms with van der Waals surface area (Å²) in [5, 5.41) is 0. The molecule has 1 aliphatic carbocycles. The second kappa shape index (κ2) is 12.6. The van der Waals surface area contributed by atoms with Gasteiger partial charge in [0.05, 0.1) is 28.4 Å². The van der Waals surface area contributed by atoms with Crippen LogP contribution in [-0.2, 0) is 0 Å². The van der Waals surface area contributed by atoms with Gasteiger partial charge in [-0.15, -0.1) is 0 Å². The Morgan fingerprint density at radius 3 is 2.14 bits per heavy atom. The molecule has 0 spiro atoms. The highest BCUT2D eigenvalue weighted by Gasteiger charge is 2.20. The van der Waals surface area contributed by atoms with Crippen LogP contribution in [0.25, 0.3) is 12.2 Å². The van der Waals surface area contributed by atoms with E-state index in [1.807, 2.05) is 42.5 Å². The highest BCUT2D eigenvalue weighted by molar-refractivity contribution is 5.97. The Morgan fingerprint density at radius 2 is 1.51 bits per heavy atom. The number of aliphatic imine (C=N–C) groups is 1. The van der Waals surface area contributed by atoms with E-state index in [2.05, 4.69) is 18.5 Å². The topological polar surface area (TPSA) is 70.5 Å². The van der Waals surface area contributed by atoms with E-state index in [1.165, 1.54) is 38.5 Å². The van der Waals surface area contributed by atoms with Gasteiger partial charge < -0.3 is 23.8 Å². The Kier molecular flexibility index (Phi) is 8.99. The third kappa shape index (κ3) is 6.40. The molecule has 7 nitrogen and oxygen atoms in total. The molecule has 37 heavy (non-hydrogen) atoms. The van der Waals surface area contributed by atoms with Crippen LogP contribution in [0.3, 0.4) is 0 Å². The van der Waals surface area contributed by atoms with Crippen molar-refractivity contribution in [2.24, 2.45) is 16.8 Å². The van der Waals surface area contributed by atoms with Crippen LogP contribution in [0.2, 0.25) is 0 Å². The number of nitrogens with zero attached hydrogens (tertiary/aromatic N) is 1. The molecule has 0 bridgehead atoms. The fourth-order valence-electron chi connectivity index (χ4n) is 4.94. The monoisotopic (exact) mass is 506 g/mol. The SMILES string of the molecule is COc1cc(/C=C\c2ccc(OC)c3c2N=C(/C=C/C2CCCC(C)CCC2)NO3)cc(OC)c1OC. The predicted octanol–water partition coefficient (Wildman–Crippen LogP) is 6.98. The summed E-state index contributed by atoms with van der Waals surface area (Å²) < 4.78 is 21.9. The lowest BCUT2D eigenvalue weighted by atomic mass is 9.86. The molecular formula is C30H38N2O5. The van der Waals surface area contributed by atoms with Gasteiger partial charge >= 0.3 is 0 Å². The first-order chi connectivity index (χ1) is 18.1. The predicted molar refractivity (Wildman–Crippen MR) is 148 cm³/mol. The van der Waals surface area contributed by atoms with E-state index in [-0.39, 0.29) is 0 Å². The van der Waals surface area contributed by atoms with Gasteiger partial charge in [-0.05, 0) is 60.6 Å². The number of amidine groups is 1. The summed E-state index contributed by atoms with van der Waals surface area (Å²) in [5.74, 6) is 5.03. The van der Waals surface area contributed by atoms with Crippen molar-refractivity contribution in [1.29, 1.82) is 0 Å². The molecule has 2 aromatic rings. The first-order valence-electron chi connectivity index (χ1n) is 12.9. The molecule has 1 saturated carbocycles. The van der Waals surface area contributed by atoms with E-state index >= 15 is 0 Å². The minimum absolute atomic E-state index is 0.559. The molecule has 4 rings (SSSR count). The van der Waals surface area contributed by atoms with Gasteiger partial charge in [0.2, 0.25) is 11.5 Å². The fourth-order valence-corrected chi connectivity index (χ4v) is 4.94. The second-order valence-corrected chi connectivity index (χ2v) is 9.61. The molecule has 7 heteroatoms. The van der Waals surface area contributed by atoms with Gasteiger partial charge in [-0.1, -0.05) is 50.8 Å². The van der Waals surface area contributed by atoms with Gasteiger partial charge in [0.25, 0.3) is 0 Å². The van der Waals surface area contributed by atoms with Gasteiger partial charge in [-0.3, -0.25) is 0 Å². The Morgan fingerprint density at radius 1 is 0.838 bits per heavy atom. The Hall–Kier alpha value is -3.61. The molecule has 1 heterocycles. The van der Waals surface area contributed by atoms with Crippen molar-refractivity contribution in [3.05, 3.63) is 47.5 Å². The number of hydrogen-bond acceptors (Lipinski definition) is 7. The van der Waals surface area contributed by atoms with Crippen LogP contribution in [0.5, 0.6) is 28.7 Å². The van der Waals surface area contributed by atoms with Crippen LogP contribution in [0, 0.1) is 11.8 Å². The number of rotatable bonds is 8. The highest BCUT2D eigenvalue weighted by Crippen LogP contribution is 2.43. The van der Waals surface area contributed by atoms with E-state index in [4.69, 9.17) is 28.8 Å². The summed E-state index contributed by atoms with van der Waals surface area (Å²) in [5.41, 5.74) is 5.50. The number of nitrogens with one attached hydrogen (secondary N) is 1. The number of hydrogen-bond donors (Lipinski definition) is 1. The molecule has 0 amide bonds. The van der Waals surface area contributed by atoms with Crippen LogP contribution in [0.4, 0.5) is 5.69 Å². The third-order valence-electron chi connectivity index (χ3n) is 7.05. The van der Waals surface area contributed by atoms with Gasteiger partial charge in [0.1, 0.15) is 5.69 Å². The average Bonchev–Trinajstić information content (AvgIpc) is 2.92. The lowest BCUT2D eigenvalue weighted by molar-refractivity contribution is 0.244. The van der Waals surface area contributed by atoms with Crippen LogP contribution in [0.1, 0.15) is 56.6 Å². The molecule has 1 fully saturated rings. The van der Waals surface area contributed by atoms with Crippen LogP contribution >= 0.6 is 0 Å². The summed E-state index contributed by atoms with van der Waals surface area (Å²) in [6.07, 6.45) is 16.0. The van der Waals surface area contributed by atoms with Crippen LogP contribution < -0.4 is 29.3 Å². The second-order valence-electron chi connectivity index (χ2n) is 9.61. The normalized spacial score (nSPS) is 19.8. The summed E-state index contributed by atoms with van der Waals surface area (Å²) >= 11 is 0. The van der Waals surface area contributed by atoms with Crippen LogP contribution in [0.15, 0.2) is 41.4 Å². The minimum Gasteiger partial charge on any atom is -0.493 e. The molecule has 0 atom stereocenters. The van der Waals surface area contributed by atoms with E-state index in [0.29, 0.717) is 46.2 Å². The van der Waals surface area contributed by atoms with E-state index < -0.39 is 0 Å². The summed E-state index contributed by atoms with van der Waals surface area (Å²) in [7, 11) is 6.43. The zero-order chi connectivity index (χ0) is 26.2. The quantitative estimate of drug-likeness (QED) is 0.390. The van der Waals surface area contributed by atoms with E-state index in [9.17, 15) is 0 Å². The molecule has 0 unspecified atom stereocenters. The largest absolute Gasteiger partial charge is 0.493 e. The van der Waals surface area contributed by atoms with Gasteiger partial charge in [0, 0.05) is 5.56 Å². The smallest absolute Gasteiger partial charge is 0.223 e. The Balaban J connectivity index is 1.61. The van der Waals surface area contributed by atoms with Gasteiger partial charge in [-0.2, -0.15) is 0 Å². The molecule has 0 aromatic heterocycles. The molecule has 2 aliphatic rings. The maximum atomic E-state index is 5.91. The number of fused-ring (bicyclic) bond motifs is 1. The fraction of sp³-hybridized carbons (Fsp3) is 0.433. The van der Waals surface area contributed by atoms with Crippen LogP contribution in [-0.4, -0.2) is 34.3 Å². The first-order valence-corrected chi connectivity index (χ1v) is 12.9. The summed E-state index contributed by atoms with van der Waals surface area (Å²) in [4.78, 5) is 10.8. The number of allylic oxidation sites excluding steroid dienone is 1. The van der Waals surface area contributed by atoms with Crippen molar-refractivity contribution in [3.63, 3.8) is 0 Å². The van der Waals surface area contributed by atoms with Crippen molar-refractivity contribution in [2.45, 2.75) is 45.4 Å². The Bertz CT molecular complexity index is 1140. The maximum absolute atomic E-state index is 5.91. The standard InChI is InChI=1S/C30H38N2O5/c1-20-8-6-10-21(11-7-9-20)13-17-27-31-28-23(15-16-24(33-2)30(28)37-32-27)14-12-22-18-25(34-3)29(36-5)26(19-22)35-4/h12-21H,6-11H2,1-5H3,(H,31,32)/b14-12-,17-13+. The zero-order valence-corrected chi connectivity index (χ0v) is 22.5. The van der Waals surface area contributed by atoms with Gasteiger partial charge in [-0.25, -0.2) is 10.5 Å². The molecule has 0 radical (unpaired) electrons. The molecule has 1 N–H and O–H groups in total. The average molecular weight is 507 g/mol. The van der Waals surface area contributed by atoms with E-state index in [0.717, 1.165) is 17.0 Å². The first kappa shape index (κ1) is 26.5. The molecule has 0 saturated heterocycles. The number of hydroxylamine groups is 1. The molecular weight excluding hydrogens is 468 g/mol. The van der Waals surface area contributed by atoms with Crippen molar-refractivity contribution in [3.8, 4) is 28.7 Å². The van der Waals surface area contributed by atoms with Crippen molar-refractivity contribution < 1.29 is 23.8 Å². The molecule has 2 aromatic carbocycles. The molecule has 1 aliphatic heterocycles. The van der Waals surface area contributed by atoms with Crippen molar-refractivity contribution in [2.75, 3.05) is 28.4 Å². The minimum atomic E-state index is 0.559.